The maximum absolute atomic E-state index is 11.5. The molecule has 3 rings (SSSR count). The molecule has 0 unspecified atom stereocenters. The summed E-state index contributed by atoms with van der Waals surface area (Å²) in [6, 6.07) is 5.51. The van der Waals surface area contributed by atoms with E-state index in [-0.39, 0.29) is 5.97 Å². The topological polar surface area (TPSA) is 57.0 Å². The number of carbonyl (C=O) groups excluding carboxylic acids is 1. The van der Waals surface area contributed by atoms with Gasteiger partial charge in [0.05, 0.1) is 17.9 Å². The van der Waals surface area contributed by atoms with Crippen molar-refractivity contribution in [3.8, 4) is 5.82 Å². The lowest BCUT2D eigenvalue weighted by molar-refractivity contribution is 0.0526. The van der Waals surface area contributed by atoms with Gasteiger partial charge in [-0.05, 0) is 38.0 Å². The average molecular weight is 257 g/mol. The lowest BCUT2D eigenvalue weighted by atomic mass is 10.3. The zero-order chi connectivity index (χ0) is 13.2. The number of esters is 1. The van der Waals surface area contributed by atoms with E-state index >= 15 is 0 Å². The third-order valence-electron chi connectivity index (χ3n) is 3.10. The van der Waals surface area contributed by atoms with E-state index in [1.54, 1.807) is 23.7 Å². The summed E-state index contributed by atoms with van der Waals surface area (Å²) in [4.78, 5) is 15.8. The zero-order valence-electron chi connectivity index (χ0n) is 10.7. The van der Waals surface area contributed by atoms with Gasteiger partial charge in [0.15, 0.2) is 5.82 Å². The Bertz CT molecular complexity index is 585. The van der Waals surface area contributed by atoms with E-state index in [0.717, 1.165) is 5.69 Å². The molecular weight excluding hydrogens is 242 g/mol. The molecule has 5 nitrogen and oxygen atoms in total. The second-order valence-corrected chi connectivity index (χ2v) is 4.58. The van der Waals surface area contributed by atoms with Crippen molar-refractivity contribution in [3.05, 3.63) is 41.9 Å². The Morgan fingerprint density at radius 1 is 1.42 bits per heavy atom. The molecule has 0 bridgehead atoms. The van der Waals surface area contributed by atoms with Crippen LogP contribution in [0.4, 0.5) is 0 Å². The molecule has 0 aromatic carbocycles. The number of hydrogen-bond donors (Lipinski definition) is 0. The highest BCUT2D eigenvalue weighted by molar-refractivity contribution is 5.89. The zero-order valence-corrected chi connectivity index (χ0v) is 10.7. The van der Waals surface area contributed by atoms with Crippen molar-refractivity contribution in [1.29, 1.82) is 0 Å². The first-order chi connectivity index (χ1) is 9.28. The van der Waals surface area contributed by atoms with E-state index in [4.69, 9.17) is 4.74 Å². The highest BCUT2D eigenvalue weighted by Gasteiger charge is 2.25. The van der Waals surface area contributed by atoms with E-state index < -0.39 is 0 Å². The fourth-order valence-corrected chi connectivity index (χ4v) is 1.92. The summed E-state index contributed by atoms with van der Waals surface area (Å²) >= 11 is 0. The highest BCUT2D eigenvalue weighted by Crippen LogP contribution is 2.38. The molecule has 0 saturated heterocycles. The van der Waals surface area contributed by atoms with Crippen LogP contribution in [-0.2, 0) is 4.74 Å². The fraction of sp³-hybridized carbons (Fsp3) is 0.357. The number of ether oxygens (including phenoxy) is 1. The van der Waals surface area contributed by atoms with Gasteiger partial charge in [-0.25, -0.2) is 14.5 Å². The van der Waals surface area contributed by atoms with Crippen molar-refractivity contribution in [2.75, 3.05) is 6.61 Å². The van der Waals surface area contributed by atoms with Crippen molar-refractivity contribution in [1.82, 2.24) is 14.8 Å². The highest BCUT2D eigenvalue weighted by atomic mass is 16.5. The van der Waals surface area contributed by atoms with Gasteiger partial charge in [0.2, 0.25) is 0 Å². The first-order valence-electron chi connectivity index (χ1n) is 6.47. The normalized spacial score (nSPS) is 14.4. The van der Waals surface area contributed by atoms with Gasteiger partial charge < -0.3 is 4.74 Å². The molecule has 2 heterocycles. The minimum atomic E-state index is -0.347. The molecule has 2 aromatic rings. The molecule has 0 spiro atoms. The molecule has 0 aliphatic heterocycles. The van der Waals surface area contributed by atoms with Crippen LogP contribution in [0.1, 0.15) is 41.7 Å². The van der Waals surface area contributed by atoms with Gasteiger partial charge in [-0.15, -0.1) is 0 Å². The number of nitrogens with zero attached hydrogens (tertiary/aromatic N) is 3. The van der Waals surface area contributed by atoms with Crippen LogP contribution in [0, 0.1) is 0 Å². The van der Waals surface area contributed by atoms with Gasteiger partial charge in [-0.1, -0.05) is 0 Å². The van der Waals surface area contributed by atoms with Gasteiger partial charge in [0.25, 0.3) is 0 Å². The lowest BCUT2D eigenvalue weighted by Crippen LogP contribution is -2.06. The fourth-order valence-electron chi connectivity index (χ4n) is 1.92. The number of carbonyl (C=O) groups is 1. The van der Waals surface area contributed by atoms with Crippen LogP contribution in [-0.4, -0.2) is 27.3 Å². The Hall–Kier alpha value is -2.17. The van der Waals surface area contributed by atoms with Crippen molar-refractivity contribution in [2.24, 2.45) is 0 Å². The van der Waals surface area contributed by atoms with Crippen LogP contribution in [0.25, 0.3) is 5.82 Å². The van der Waals surface area contributed by atoms with Crippen molar-refractivity contribution in [3.63, 3.8) is 0 Å². The monoisotopic (exact) mass is 257 g/mol. The van der Waals surface area contributed by atoms with E-state index in [1.165, 1.54) is 19.0 Å². The molecule has 1 aliphatic rings. The SMILES string of the molecule is CCOC(=O)c1ccc(-n2ccc(C3CC3)n2)nc1. The number of aromatic nitrogens is 3. The smallest absolute Gasteiger partial charge is 0.339 e. The van der Waals surface area contributed by atoms with Crippen LogP contribution < -0.4 is 0 Å². The van der Waals surface area contributed by atoms with Gasteiger partial charge in [0, 0.05) is 18.3 Å². The molecule has 0 atom stereocenters. The summed E-state index contributed by atoms with van der Waals surface area (Å²) in [5.74, 6) is 0.987. The third kappa shape index (κ3) is 2.50. The Morgan fingerprint density at radius 2 is 2.26 bits per heavy atom. The quantitative estimate of drug-likeness (QED) is 0.789. The molecule has 1 saturated carbocycles. The summed E-state index contributed by atoms with van der Waals surface area (Å²) in [5, 5.41) is 4.49. The molecule has 1 aliphatic carbocycles. The molecule has 0 N–H and O–H groups in total. The van der Waals surface area contributed by atoms with Crippen LogP contribution in [0.15, 0.2) is 30.6 Å². The summed E-state index contributed by atoms with van der Waals surface area (Å²) in [6.45, 7) is 2.15. The van der Waals surface area contributed by atoms with E-state index in [0.29, 0.717) is 23.9 Å². The van der Waals surface area contributed by atoms with Crippen LogP contribution in [0.3, 0.4) is 0 Å². The van der Waals surface area contributed by atoms with Crippen molar-refractivity contribution < 1.29 is 9.53 Å². The minimum absolute atomic E-state index is 0.347. The maximum atomic E-state index is 11.5. The van der Waals surface area contributed by atoms with Crippen LogP contribution >= 0.6 is 0 Å². The Labute approximate surface area is 111 Å². The third-order valence-corrected chi connectivity index (χ3v) is 3.10. The Morgan fingerprint density at radius 3 is 2.89 bits per heavy atom. The second kappa shape index (κ2) is 4.84. The van der Waals surface area contributed by atoms with Crippen LogP contribution in [0.2, 0.25) is 0 Å². The molecule has 2 aromatic heterocycles. The number of pyridine rings is 1. The Kier molecular flexibility index (Phi) is 3.03. The summed E-state index contributed by atoms with van der Waals surface area (Å²) in [5.41, 5.74) is 1.58. The van der Waals surface area contributed by atoms with E-state index in [9.17, 15) is 4.79 Å². The molecular formula is C14H15N3O2. The summed E-state index contributed by atoms with van der Waals surface area (Å²) in [6.07, 6.45) is 5.88. The second-order valence-electron chi connectivity index (χ2n) is 4.58. The summed E-state index contributed by atoms with van der Waals surface area (Å²) < 4.78 is 6.65. The van der Waals surface area contributed by atoms with Gasteiger partial charge in [-0.2, -0.15) is 5.10 Å². The molecule has 0 radical (unpaired) electrons. The van der Waals surface area contributed by atoms with Crippen LogP contribution in [0.5, 0.6) is 0 Å². The standard InChI is InChI=1S/C14H15N3O2/c1-2-19-14(18)11-5-6-13(15-9-11)17-8-7-12(16-17)10-3-4-10/h5-10H,2-4H2,1H3. The first-order valence-corrected chi connectivity index (χ1v) is 6.47. The maximum Gasteiger partial charge on any atom is 0.339 e. The van der Waals surface area contributed by atoms with Gasteiger partial charge >= 0.3 is 5.97 Å². The van der Waals surface area contributed by atoms with Crippen molar-refractivity contribution >= 4 is 5.97 Å². The Balaban J connectivity index is 1.79. The first kappa shape index (κ1) is 11.9. The van der Waals surface area contributed by atoms with Gasteiger partial charge in [-0.3, -0.25) is 0 Å². The largest absolute Gasteiger partial charge is 0.462 e. The van der Waals surface area contributed by atoms with E-state index in [1.807, 2.05) is 12.3 Å². The predicted molar refractivity (Wildman–Crippen MR) is 69.3 cm³/mol. The number of rotatable bonds is 4. The molecule has 19 heavy (non-hydrogen) atoms. The number of hydrogen-bond acceptors (Lipinski definition) is 4. The summed E-state index contributed by atoms with van der Waals surface area (Å²) in [7, 11) is 0. The molecule has 98 valence electrons. The predicted octanol–water partition coefficient (Wildman–Crippen LogP) is 2.32. The minimum Gasteiger partial charge on any atom is -0.462 e. The lowest BCUT2D eigenvalue weighted by Gasteiger charge is -2.03. The van der Waals surface area contributed by atoms with Gasteiger partial charge in [0.1, 0.15) is 0 Å². The molecule has 5 heteroatoms. The van der Waals surface area contributed by atoms with E-state index in [2.05, 4.69) is 10.1 Å². The average Bonchev–Trinajstić information content (AvgIpc) is 3.17. The molecule has 1 fully saturated rings. The van der Waals surface area contributed by atoms with Crippen molar-refractivity contribution in [2.45, 2.75) is 25.7 Å². The molecule has 0 amide bonds.